The zero-order valence-corrected chi connectivity index (χ0v) is 11.3. The van der Waals surface area contributed by atoms with E-state index < -0.39 is 10.0 Å². The van der Waals surface area contributed by atoms with Crippen LogP contribution in [0.3, 0.4) is 0 Å². The Hall–Kier alpha value is -0.660. The molecule has 2 saturated heterocycles. The van der Waals surface area contributed by atoms with E-state index in [1.165, 1.54) is 12.8 Å². The van der Waals surface area contributed by atoms with Crippen LogP contribution in [0.2, 0.25) is 0 Å². The van der Waals surface area contributed by atoms with Crippen molar-refractivity contribution in [3.8, 4) is 0 Å². The minimum atomic E-state index is -3.27. The zero-order valence-electron chi connectivity index (χ0n) is 10.4. The van der Waals surface area contributed by atoms with Crippen LogP contribution in [-0.4, -0.2) is 45.3 Å². The van der Waals surface area contributed by atoms with Crippen LogP contribution >= 0.6 is 0 Å². The van der Waals surface area contributed by atoms with Crippen molar-refractivity contribution in [2.45, 2.75) is 44.2 Å². The minimum absolute atomic E-state index is 0.0864. The van der Waals surface area contributed by atoms with Gasteiger partial charge in [-0.1, -0.05) is 6.42 Å². The Labute approximate surface area is 108 Å². The lowest BCUT2D eigenvalue weighted by Crippen LogP contribution is -2.40. The molecule has 0 aromatic heterocycles. The van der Waals surface area contributed by atoms with E-state index in [1.54, 1.807) is 0 Å². The summed E-state index contributed by atoms with van der Waals surface area (Å²) in [6, 6.07) is 0.0421. The highest BCUT2D eigenvalue weighted by Crippen LogP contribution is 2.11. The highest BCUT2D eigenvalue weighted by molar-refractivity contribution is 7.89. The van der Waals surface area contributed by atoms with Crippen molar-refractivity contribution in [2.24, 2.45) is 0 Å². The first-order valence-electron chi connectivity index (χ1n) is 6.55. The van der Waals surface area contributed by atoms with E-state index in [4.69, 9.17) is 0 Å². The molecule has 2 rings (SSSR count). The van der Waals surface area contributed by atoms with Crippen molar-refractivity contribution in [1.82, 2.24) is 15.4 Å². The fraction of sp³-hybridized carbons (Fsp3) is 0.909. The third-order valence-corrected chi connectivity index (χ3v) is 4.94. The molecule has 104 valence electrons. The second-order valence-corrected chi connectivity index (χ2v) is 6.95. The maximum Gasteiger partial charge on any atom is 0.221 e. The van der Waals surface area contributed by atoms with Crippen LogP contribution in [0.25, 0.3) is 0 Å². The molecule has 0 aliphatic carbocycles. The number of nitrogens with one attached hydrogen (secondary N) is 3. The zero-order chi connectivity index (χ0) is 13.0. The van der Waals surface area contributed by atoms with Crippen LogP contribution in [0.4, 0.5) is 0 Å². The van der Waals surface area contributed by atoms with Crippen molar-refractivity contribution >= 4 is 15.9 Å². The van der Waals surface area contributed by atoms with E-state index in [0.29, 0.717) is 19.0 Å². The number of hydrogen-bond donors (Lipinski definition) is 3. The van der Waals surface area contributed by atoms with Gasteiger partial charge in [0.1, 0.15) is 0 Å². The first-order valence-corrected chi connectivity index (χ1v) is 8.20. The lowest BCUT2D eigenvalue weighted by molar-refractivity contribution is -0.119. The molecular formula is C11H21N3O3S. The van der Waals surface area contributed by atoms with Gasteiger partial charge in [0.2, 0.25) is 15.9 Å². The number of amides is 1. The maximum absolute atomic E-state index is 11.9. The third-order valence-electron chi connectivity index (χ3n) is 3.47. The van der Waals surface area contributed by atoms with E-state index in [9.17, 15) is 13.2 Å². The van der Waals surface area contributed by atoms with Crippen molar-refractivity contribution < 1.29 is 13.2 Å². The molecule has 2 unspecified atom stereocenters. The Bertz CT molecular complexity index is 390. The van der Waals surface area contributed by atoms with Gasteiger partial charge in [0.05, 0.1) is 5.75 Å². The van der Waals surface area contributed by atoms with Gasteiger partial charge < -0.3 is 10.6 Å². The van der Waals surface area contributed by atoms with Crippen LogP contribution in [0.15, 0.2) is 0 Å². The Morgan fingerprint density at radius 1 is 1.33 bits per heavy atom. The van der Waals surface area contributed by atoms with E-state index in [2.05, 4.69) is 15.4 Å². The predicted molar refractivity (Wildman–Crippen MR) is 68.6 cm³/mol. The van der Waals surface area contributed by atoms with Gasteiger partial charge >= 0.3 is 0 Å². The van der Waals surface area contributed by atoms with Gasteiger partial charge in [0.15, 0.2) is 0 Å². The Morgan fingerprint density at radius 3 is 2.78 bits per heavy atom. The number of rotatable bonds is 5. The molecule has 2 aliphatic rings. The summed E-state index contributed by atoms with van der Waals surface area (Å²) in [7, 11) is -3.27. The van der Waals surface area contributed by atoms with Gasteiger partial charge in [-0.2, -0.15) is 0 Å². The van der Waals surface area contributed by atoms with Crippen LogP contribution in [0, 0.1) is 0 Å². The van der Waals surface area contributed by atoms with Gasteiger partial charge in [0.25, 0.3) is 0 Å². The molecule has 0 saturated carbocycles. The molecule has 1 amide bonds. The van der Waals surface area contributed by atoms with Gasteiger partial charge in [-0.25, -0.2) is 13.1 Å². The van der Waals surface area contributed by atoms with E-state index in [-0.39, 0.29) is 24.1 Å². The minimum Gasteiger partial charge on any atom is -0.354 e. The second kappa shape index (κ2) is 5.99. The molecule has 2 atom stereocenters. The monoisotopic (exact) mass is 275 g/mol. The van der Waals surface area contributed by atoms with E-state index in [1.807, 2.05) is 0 Å². The topological polar surface area (TPSA) is 87.3 Å². The van der Waals surface area contributed by atoms with Crippen molar-refractivity contribution in [2.75, 3.05) is 18.8 Å². The molecule has 2 fully saturated rings. The average molecular weight is 275 g/mol. The molecule has 0 aromatic carbocycles. The van der Waals surface area contributed by atoms with E-state index in [0.717, 1.165) is 13.0 Å². The normalized spacial score (nSPS) is 29.2. The summed E-state index contributed by atoms with van der Waals surface area (Å²) in [5, 5.41) is 5.95. The fourth-order valence-corrected chi connectivity index (χ4v) is 3.86. The molecule has 0 aromatic rings. The Morgan fingerprint density at radius 2 is 2.17 bits per heavy atom. The van der Waals surface area contributed by atoms with Gasteiger partial charge in [-0.05, 0) is 25.8 Å². The van der Waals surface area contributed by atoms with Crippen molar-refractivity contribution in [3.63, 3.8) is 0 Å². The summed E-state index contributed by atoms with van der Waals surface area (Å²) in [5.41, 5.74) is 0. The molecule has 0 radical (unpaired) electrons. The molecular weight excluding hydrogens is 254 g/mol. The SMILES string of the molecule is O=C1CC(NS(=O)(=O)CCC2CCCCN2)CN1. The number of sulfonamides is 1. The van der Waals surface area contributed by atoms with Gasteiger partial charge in [-0.3, -0.25) is 4.79 Å². The summed E-state index contributed by atoms with van der Waals surface area (Å²) in [6.45, 7) is 1.39. The van der Waals surface area contributed by atoms with Crippen LogP contribution in [0.5, 0.6) is 0 Å². The molecule has 0 bridgehead atoms. The standard InChI is InChI=1S/C11H21N3O3S/c15-11-7-10(8-13-11)14-18(16,17)6-4-9-3-1-2-5-12-9/h9-10,12,14H,1-8H2,(H,13,15). The van der Waals surface area contributed by atoms with Gasteiger partial charge in [0, 0.05) is 25.0 Å². The molecule has 3 N–H and O–H groups in total. The summed E-state index contributed by atoms with van der Waals surface area (Å²) in [6.07, 6.45) is 4.30. The average Bonchev–Trinajstić information content (AvgIpc) is 2.73. The summed E-state index contributed by atoms with van der Waals surface area (Å²) < 4.78 is 26.3. The highest BCUT2D eigenvalue weighted by Gasteiger charge is 2.26. The predicted octanol–water partition coefficient (Wildman–Crippen LogP) is -0.673. The third kappa shape index (κ3) is 4.22. The van der Waals surface area contributed by atoms with Gasteiger partial charge in [-0.15, -0.1) is 0 Å². The first kappa shape index (κ1) is 13.8. The molecule has 18 heavy (non-hydrogen) atoms. The summed E-state index contributed by atoms with van der Waals surface area (Å²) >= 11 is 0. The fourth-order valence-electron chi connectivity index (χ4n) is 2.47. The highest BCUT2D eigenvalue weighted by atomic mass is 32.2. The quantitative estimate of drug-likeness (QED) is 0.621. The number of hydrogen-bond acceptors (Lipinski definition) is 4. The number of piperidine rings is 1. The summed E-state index contributed by atoms with van der Waals surface area (Å²) in [5.74, 6) is 0.0478. The van der Waals surface area contributed by atoms with Crippen LogP contribution in [-0.2, 0) is 14.8 Å². The Kier molecular flexibility index (Phi) is 4.58. The van der Waals surface area contributed by atoms with Crippen molar-refractivity contribution in [1.29, 1.82) is 0 Å². The van der Waals surface area contributed by atoms with Crippen LogP contribution in [0.1, 0.15) is 32.1 Å². The smallest absolute Gasteiger partial charge is 0.221 e. The summed E-state index contributed by atoms with van der Waals surface area (Å²) in [4.78, 5) is 11.0. The van der Waals surface area contributed by atoms with Crippen LogP contribution < -0.4 is 15.4 Å². The molecule has 2 aliphatic heterocycles. The Balaban J connectivity index is 1.74. The maximum atomic E-state index is 11.9. The first-order chi connectivity index (χ1) is 8.55. The molecule has 2 heterocycles. The second-order valence-electron chi connectivity index (χ2n) is 5.08. The number of carbonyl (C=O) groups is 1. The largest absolute Gasteiger partial charge is 0.354 e. The molecule has 0 spiro atoms. The lowest BCUT2D eigenvalue weighted by Gasteiger charge is -2.23. The lowest BCUT2D eigenvalue weighted by atomic mass is 10.0. The molecule has 7 heteroatoms. The van der Waals surface area contributed by atoms with E-state index >= 15 is 0 Å². The van der Waals surface area contributed by atoms with Crippen molar-refractivity contribution in [3.05, 3.63) is 0 Å². The number of carbonyl (C=O) groups excluding carboxylic acids is 1. The molecule has 6 nitrogen and oxygen atoms in total.